The van der Waals surface area contributed by atoms with Crippen LogP contribution in [0.4, 0.5) is 0 Å². The number of hydrogen-bond donors (Lipinski definition) is 1. The van der Waals surface area contributed by atoms with E-state index in [2.05, 4.69) is 17.1 Å². The molecule has 3 nitrogen and oxygen atoms in total. The maximum absolute atomic E-state index is 11.9. The Morgan fingerprint density at radius 3 is 2.71 bits per heavy atom. The molecule has 0 radical (unpaired) electrons. The second-order valence-corrected chi connectivity index (χ2v) is 4.21. The number of halogens is 1. The van der Waals surface area contributed by atoms with Gasteiger partial charge in [-0.1, -0.05) is 0 Å². The molecule has 0 aromatic rings. The van der Waals surface area contributed by atoms with Gasteiger partial charge in [0.1, 0.15) is 0 Å². The zero-order valence-corrected chi connectivity index (χ0v) is 9.48. The van der Waals surface area contributed by atoms with E-state index in [-0.39, 0.29) is 18.3 Å². The monoisotopic (exact) mass is 218 g/mol. The smallest absolute Gasteiger partial charge is 0.227 e. The lowest BCUT2D eigenvalue weighted by molar-refractivity contribution is -0.135. The van der Waals surface area contributed by atoms with E-state index in [1.54, 1.807) is 0 Å². The highest BCUT2D eigenvalue weighted by molar-refractivity contribution is 5.85. The first-order valence-electron chi connectivity index (χ1n) is 5.30. The van der Waals surface area contributed by atoms with Crippen LogP contribution in [0.5, 0.6) is 0 Å². The van der Waals surface area contributed by atoms with Crippen LogP contribution in [0.2, 0.25) is 0 Å². The average Bonchev–Trinajstić information content (AvgIpc) is 2.72. The number of nitrogens with zero attached hydrogens (tertiary/aromatic N) is 1. The Bertz CT molecular complexity index is 204. The first-order chi connectivity index (χ1) is 6.29. The molecule has 2 atom stereocenters. The van der Waals surface area contributed by atoms with Gasteiger partial charge in [-0.3, -0.25) is 4.79 Å². The van der Waals surface area contributed by atoms with Crippen molar-refractivity contribution in [1.82, 2.24) is 10.2 Å². The van der Waals surface area contributed by atoms with Gasteiger partial charge in [-0.25, -0.2) is 0 Å². The molecule has 2 rings (SSSR count). The summed E-state index contributed by atoms with van der Waals surface area (Å²) in [6, 6.07) is 0.480. The summed E-state index contributed by atoms with van der Waals surface area (Å²) in [5.41, 5.74) is 0. The van der Waals surface area contributed by atoms with Gasteiger partial charge in [0.25, 0.3) is 0 Å². The molecule has 0 unspecified atom stereocenters. The average molecular weight is 219 g/mol. The van der Waals surface area contributed by atoms with E-state index in [0.29, 0.717) is 11.9 Å². The van der Waals surface area contributed by atoms with Gasteiger partial charge in [0.05, 0.1) is 5.92 Å². The van der Waals surface area contributed by atoms with Gasteiger partial charge in [0.15, 0.2) is 0 Å². The Morgan fingerprint density at radius 1 is 1.43 bits per heavy atom. The highest BCUT2D eigenvalue weighted by Crippen LogP contribution is 2.21. The maximum atomic E-state index is 11.9. The summed E-state index contributed by atoms with van der Waals surface area (Å²) in [4.78, 5) is 14.0. The molecule has 0 aliphatic carbocycles. The Kier molecular flexibility index (Phi) is 4.20. The first-order valence-corrected chi connectivity index (χ1v) is 5.30. The van der Waals surface area contributed by atoms with E-state index in [0.717, 1.165) is 26.1 Å². The van der Waals surface area contributed by atoms with Crippen molar-refractivity contribution < 1.29 is 4.79 Å². The van der Waals surface area contributed by atoms with Crippen LogP contribution in [0.15, 0.2) is 0 Å². The van der Waals surface area contributed by atoms with Crippen molar-refractivity contribution in [1.29, 1.82) is 0 Å². The summed E-state index contributed by atoms with van der Waals surface area (Å²) in [7, 11) is 0. The number of likely N-dealkylation sites (tertiary alicyclic amines) is 1. The van der Waals surface area contributed by atoms with Gasteiger partial charge in [-0.05, 0) is 32.7 Å². The van der Waals surface area contributed by atoms with E-state index in [4.69, 9.17) is 0 Å². The second kappa shape index (κ2) is 4.99. The molecule has 0 aromatic heterocycles. The minimum atomic E-state index is 0. The fourth-order valence-corrected chi connectivity index (χ4v) is 2.36. The van der Waals surface area contributed by atoms with Crippen molar-refractivity contribution in [3.8, 4) is 0 Å². The molecular formula is C10H19ClN2O. The van der Waals surface area contributed by atoms with Crippen molar-refractivity contribution in [2.45, 2.75) is 32.2 Å². The zero-order valence-electron chi connectivity index (χ0n) is 8.66. The Labute approximate surface area is 91.6 Å². The highest BCUT2D eigenvalue weighted by Gasteiger charge is 2.31. The first kappa shape index (κ1) is 11.8. The fraction of sp³-hybridized carbons (Fsp3) is 0.900. The molecule has 0 aromatic carbocycles. The van der Waals surface area contributed by atoms with Crippen molar-refractivity contribution >= 4 is 18.3 Å². The number of hydrogen-bond acceptors (Lipinski definition) is 2. The van der Waals surface area contributed by atoms with Crippen LogP contribution in [-0.2, 0) is 4.79 Å². The van der Waals surface area contributed by atoms with Gasteiger partial charge in [-0.2, -0.15) is 0 Å². The van der Waals surface area contributed by atoms with E-state index >= 15 is 0 Å². The topological polar surface area (TPSA) is 32.3 Å². The normalized spacial score (nSPS) is 31.6. The molecule has 14 heavy (non-hydrogen) atoms. The van der Waals surface area contributed by atoms with Crippen LogP contribution in [0.3, 0.4) is 0 Å². The minimum absolute atomic E-state index is 0. The highest BCUT2D eigenvalue weighted by atomic mass is 35.5. The zero-order chi connectivity index (χ0) is 9.26. The summed E-state index contributed by atoms with van der Waals surface area (Å²) < 4.78 is 0. The molecule has 2 aliphatic heterocycles. The predicted octanol–water partition coefficient (Wildman–Crippen LogP) is 1.03. The lowest BCUT2D eigenvalue weighted by atomic mass is 10.1. The molecule has 1 N–H and O–H groups in total. The third kappa shape index (κ3) is 2.20. The number of carbonyl (C=O) groups excluding carboxylic acids is 1. The Hall–Kier alpha value is -0.280. The summed E-state index contributed by atoms with van der Waals surface area (Å²) in [5.74, 6) is 0.649. The standard InChI is InChI=1S/C10H18N2O.ClH/c1-8-3-2-6-12(8)10(13)9-4-5-11-7-9;/h8-9,11H,2-7H2,1H3;1H/t8-,9+;/m1./s1. The number of nitrogens with one attached hydrogen (secondary N) is 1. The molecule has 2 heterocycles. The molecule has 82 valence electrons. The quantitative estimate of drug-likeness (QED) is 0.713. The molecule has 4 heteroatoms. The van der Waals surface area contributed by atoms with Crippen LogP contribution in [0.25, 0.3) is 0 Å². The lowest BCUT2D eigenvalue weighted by Gasteiger charge is -2.24. The number of rotatable bonds is 1. The Balaban J connectivity index is 0.000000980. The molecule has 2 fully saturated rings. The Morgan fingerprint density at radius 2 is 2.21 bits per heavy atom. The molecule has 1 amide bonds. The third-order valence-corrected chi connectivity index (χ3v) is 3.25. The molecule has 0 saturated carbocycles. The van der Waals surface area contributed by atoms with Crippen molar-refractivity contribution in [2.75, 3.05) is 19.6 Å². The van der Waals surface area contributed by atoms with Gasteiger partial charge in [-0.15, -0.1) is 12.4 Å². The number of carbonyl (C=O) groups is 1. The van der Waals surface area contributed by atoms with E-state index in [9.17, 15) is 4.79 Å². The van der Waals surface area contributed by atoms with Crippen LogP contribution in [-0.4, -0.2) is 36.5 Å². The largest absolute Gasteiger partial charge is 0.340 e. The van der Waals surface area contributed by atoms with E-state index in [1.807, 2.05) is 0 Å². The van der Waals surface area contributed by atoms with Crippen molar-refractivity contribution in [3.63, 3.8) is 0 Å². The second-order valence-electron chi connectivity index (χ2n) is 4.21. The van der Waals surface area contributed by atoms with Crippen molar-refractivity contribution in [3.05, 3.63) is 0 Å². The van der Waals surface area contributed by atoms with E-state index in [1.165, 1.54) is 12.8 Å². The summed E-state index contributed by atoms with van der Waals surface area (Å²) in [5, 5.41) is 3.24. The molecule has 2 saturated heterocycles. The minimum Gasteiger partial charge on any atom is -0.340 e. The third-order valence-electron chi connectivity index (χ3n) is 3.25. The van der Waals surface area contributed by atoms with Gasteiger partial charge in [0.2, 0.25) is 5.91 Å². The van der Waals surface area contributed by atoms with Crippen molar-refractivity contribution in [2.24, 2.45) is 5.92 Å². The summed E-state index contributed by atoms with van der Waals surface area (Å²) in [6.07, 6.45) is 3.40. The molecule has 0 spiro atoms. The molecule has 0 bridgehead atoms. The van der Waals surface area contributed by atoms with Gasteiger partial charge in [0, 0.05) is 19.1 Å². The van der Waals surface area contributed by atoms with E-state index < -0.39 is 0 Å². The van der Waals surface area contributed by atoms with Crippen LogP contribution >= 0.6 is 12.4 Å². The lowest BCUT2D eigenvalue weighted by Crippen LogP contribution is -2.38. The van der Waals surface area contributed by atoms with Gasteiger partial charge >= 0.3 is 0 Å². The number of amides is 1. The van der Waals surface area contributed by atoms with Crippen LogP contribution in [0.1, 0.15) is 26.2 Å². The van der Waals surface area contributed by atoms with Crippen LogP contribution < -0.4 is 5.32 Å². The molecule has 2 aliphatic rings. The summed E-state index contributed by atoms with van der Waals surface area (Å²) >= 11 is 0. The maximum Gasteiger partial charge on any atom is 0.227 e. The predicted molar refractivity (Wildman–Crippen MR) is 58.6 cm³/mol. The summed E-state index contributed by atoms with van der Waals surface area (Å²) in [6.45, 7) is 5.05. The fourth-order valence-electron chi connectivity index (χ4n) is 2.36. The SMILES string of the molecule is C[C@@H]1CCCN1C(=O)[C@H]1CCNC1.Cl. The molecular weight excluding hydrogens is 200 g/mol. The van der Waals surface area contributed by atoms with Gasteiger partial charge < -0.3 is 10.2 Å². The van der Waals surface area contributed by atoms with Crippen LogP contribution in [0, 0.1) is 5.92 Å².